The molecule has 102 valence electrons. The van der Waals surface area contributed by atoms with Gasteiger partial charge >= 0.3 is 31.2 Å². The predicted octanol–water partition coefficient (Wildman–Crippen LogP) is -1.80. The summed E-state index contributed by atoms with van der Waals surface area (Å²) in [5.41, 5.74) is -1.20. The quantitative estimate of drug-likeness (QED) is 0.408. The summed E-state index contributed by atoms with van der Waals surface area (Å²) in [7, 11) is 2.51. The molecule has 0 saturated heterocycles. The van der Waals surface area contributed by atoms with Crippen LogP contribution in [-0.4, -0.2) is 25.4 Å². The van der Waals surface area contributed by atoms with E-state index in [1.54, 1.807) is 0 Å². The minimum Gasteiger partial charge on any atom is -0.438 e. The molecule has 0 aromatic carbocycles. The van der Waals surface area contributed by atoms with Gasteiger partial charge in [-0.2, -0.15) is 23.7 Å². The molecule has 20 heavy (non-hydrogen) atoms. The van der Waals surface area contributed by atoms with Crippen molar-refractivity contribution in [3.8, 4) is 12.1 Å². The number of carbonyl (C=O) groups excluding carboxylic acids is 1. The number of alkyl halides is 3. The van der Waals surface area contributed by atoms with Crippen LogP contribution in [0.3, 0.4) is 0 Å². The van der Waals surface area contributed by atoms with Crippen molar-refractivity contribution in [1.29, 1.82) is 10.5 Å². The van der Waals surface area contributed by atoms with Crippen LogP contribution in [0, 0.1) is 22.7 Å². The Hall–Kier alpha value is -2.15. The van der Waals surface area contributed by atoms with E-state index >= 15 is 0 Å². The van der Waals surface area contributed by atoms with E-state index in [2.05, 4.69) is 19.4 Å². The van der Waals surface area contributed by atoms with Crippen LogP contribution in [0.1, 0.15) is 17.2 Å². The van der Waals surface area contributed by atoms with Crippen LogP contribution < -0.4 is 23.8 Å². The minimum atomic E-state index is -4.72. The number of ether oxygens (including phenoxy) is 2. The third kappa shape index (κ3) is 6.14. The van der Waals surface area contributed by atoms with E-state index in [1.807, 2.05) is 0 Å². The Morgan fingerprint density at radius 1 is 1.25 bits per heavy atom. The van der Waals surface area contributed by atoms with Crippen molar-refractivity contribution < 1.29 is 46.3 Å². The maximum atomic E-state index is 11.9. The third-order valence-electron chi connectivity index (χ3n) is 1.46. The maximum absolute atomic E-state index is 11.9. The molecule has 0 aliphatic carbocycles. The monoisotopic (exact) mass is 282 g/mol. The number of nitrogens with zero attached hydrogens (tertiary/aromatic N) is 4. The van der Waals surface area contributed by atoms with Gasteiger partial charge in [0.15, 0.2) is 0 Å². The largest absolute Gasteiger partial charge is 1.00 e. The number of hydrogen-bond donors (Lipinski definition) is 0. The Kier molecular flexibility index (Phi) is 8.94. The molecular formula is C9H6F3LiN4O3. The first-order chi connectivity index (χ1) is 8.79. The van der Waals surface area contributed by atoms with Crippen molar-refractivity contribution in [1.82, 2.24) is 9.97 Å². The van der Waals surface area contributed by atoms with Gasteiger partial charge in [0.1, 0.15) is 0 Å². The molecule has 1 aromatic rings. The van der Waals surface area contributed by atoms with Gasteiger partial charge in [0.05, 0.1) is 37.7 Å². The van der Waals surface area contributed by atoms with Crippen LogP contribution in [0.25, 0.3) is 0 Å². The summed E-state index contributed by atoms with van der Waals surface area (Å²) in [6, 6.07) is 2.69. The van der Waals surface area contributed by atoms with E-state index in [4.69, 9.17) is 10.5 Å². The van der Waals surface area contributed by atoms with E-state index < -0.39 is 29.5 Å². The Balaban J connectivity index is 0. The van der Waals surface area contributed by atoms with E-state index in [1.165, 1.54) is 26.4 Å². The van der Waals surface area contributed by atoms with Crippen LogP contribution in [-0.2, 0) is 15.7 Å². The molecule has 0 bridgehead atoms. The van der Waals surface area contributed by atoms with Crippen LogP contribution in [0.15, 0.2) is 0 Å². The number of imidazole rings is 1. The molecule has 0 spiro atoms. The van der Waals surface area contributed by atoms with E-state index in [-0.39, 0.29) is 18.9 Å². The first kappa shape index (κ1) is 20.2. The Labute approximate surface area is 123 Å². The third-order valence-corrected chi connectivity index (χ3v) is 1.46. The van der Waals surface area contributed by atoms with Gasteiger partial charge in [0, 0.05) is 5.82 Å². The molecule has 0 saturated carbocycles. The Morgan fingerprint density at radius 3 is 1.95 bits per heavy atom. The van der Waals surface area contributed by atoms with Crippen LogP contribution in [0.5, 0.6) is 0 Å². The van der Waals surface area contributed by atoms with Crippen molar-refractivity contribution in [2.24, 2.45) is 0 Å². The van der Waals surface area contributed by atoms with Crippen molar-refractivity contribution in [2.45, 2.75) is 6.18 Å². The summed E-state index contributed by atoms with van der Waals surface area (Å²) in [5, 5.41) is 16.5. The molecule has 0 atom stereocenters. The van der Waals surface area contributed by atoms with Gasteiger partial charge in [-0.15, -0.1) is 0 Å². The fourth-order valence-electron chi connectivity index (χ4n) is 0.709. The summed E-state index contributed by atoms with van der Waals surface area (Å²) < 4.78 is 43.8. The topological polar surface area (TPSA) is 110 Å². The molecule has 0 aliphatic heterocycles. The average molecular weight is 282 g/mol. The summed E-state index contributed by atoms with van der Waals surface area (Å²) in [6.07, 6.45) is -5.38. The first-order valence-electron chi connectivity index (χ1n) is 4.34. The van der Waals surface area contributed by atoms with Crippen molar-refractivity contribution >= 4 is 6.16 Å². The fourth-order valence-corrected chi connectivity index (χ4v) is 0.709. The summed E-state index contributed by atoms with van der Waals surface area (Å²) in [6.45, 7) is 0. The number of rotatable bonds is 0. The van der Waals surface area contributed by atoms with E-state index in [0.29, 0.717) is 0 Å². The number of carbonyl (C=O) groups is 1. The predicted molar refractivity (Wildman–Crippen MR) is 51.4 cm³/mol. The second-order valence-corrected chi connectivity index (χ2v) is 2.62. The van der Waals surface area contributed by atoms with Gasteiger partial charge in [-0.1, -0.05) is 0 Å². The number of nitriles is 2. The first-order valence-corrected chi connectivity index (χ1v) is 4.34. The maximum Gasteiger partial charge on any atom is 1.00 e. The zero-order valence-electron chi connectivity index (χ0n) is 10.6. The molecule has 0 fully saturated rings. The molecule has 11 heteroatoms. The van der Waals surface area contributed by atoms with Crippen LogP contribution >= 0.6 is 0 Å². The number of halogens is 3. The number of hydrogen-bond acceptors (Lipinski definition) is 6. The fraction of sp³-hybridized carbons (Fsp3) is 0.333. The van der Waals surface area contributed by atoms with Crippen molar-refractivity contribution in [2.75, 3.05) is 14.2 Å². The molecule has 1 heterocycles. The minimum absolute atomic E-state index is 0. The smallest absolute Gasteiger partial charge is 0.438 e. The molecule has 1 aromatic heterocycles. The van der Waals surface area contributed by atoms with Crippen LogP contribution in [0.4, 0.5) is 18.0 Å². The summed E-state index contributed by atoms with van der Waals surface area (Å²) in [5.74, 6) is -1.46. The second-order valence-electron chi connectivity index (χ2n) is 2.62. The zero-order chi connectivity index (χ0) is 15.1. The zero-order valence-corrected chi connectivity index (χ0v) is 10.6. The van der Waals surface area contributed by atoms with Gasteiger partial charge in [-0.05, 0) is 0 Å². The van der Waals surface area contributed by atoms with Gasteiger partial charge in [-0.25, -0.2) is 4.79 Å². The second kappa shape index (κ2) is 8.86. The van der Waals surface area contributed by atoms with Crippen LogP contribution in [0.2, 0.25) is 0 Å². The standard InChI is InChI=1S/C6F3N4.C3H6O3.Li/c7-6(8,9)5-12-3(1-10)4(2-11)13-5;1-5-3(4)6-2;/h;1-2H3;/q-1;;+1. The normalized spacial score (nSPS) is 8.95. The SMILES string of the molecule is COC(=O)OC.N#Cc1nc(C(F)(F)F)[n-]c1C#N.[Li+]. The number of methoxy groups -OCH3 is 2. The molecule has 0 aliphatic rings. The molecule has 0 N–H and O–H groups in total. The van der Waals surface area contributed by atoms with Gasteiger partial charge in [-0.3, -0.25) is 0 Å². The molecule has 0 amide bonds. The molecular weight excluding hydrogens is 276 g/mol. The molecule has 0 radical (unpaired) electrons. The molecule has 7 nitrogen and oxygen atoms in total. The number of aromatic nitrogens is 2. The molecule has 1 rings (SSSR count). The Morgan fingerprint density at radius 2 is 1.75 bits per heavy atom. The van der Waals surface area contributed by atoms with Crippen molar-refractivity contribution in [3.05, 3.63) is 17.2 Å². The van der Waals surface area contributed by atoms with Crippen molar-refractivity contribution in [3.63, 3.8) is 0 Å². The average Bonchev–Trinajstić information content (AvgIpc) is 2.81. The summed E-state index contributed by atoms with van der Waals surface area (Å²) in [4.78, 5) is 15.4. The van der Waals surface area contributed by atoms with E-state index in [0.717, 1.165) is 0 Å². The molecule has 0 unspecified atom stereocenters. The van der Waals surface area contributed by atoms with Gasteiger partial charge < -0.3 is 19.4 Å². The van der Waals surface area contributed by atoms with Gasteiger partial charge in [0.25, 0.3) is 0 Å². The van der Waals surface area contributed by atoms with Gasteiger partial charge in [0.2, 0.25) is 0 Å². The summed E-state index contributed by atoms with van der Waals surface area (Å²) >= 11 is 0. The van der Waals surface area contributed by atoms with E-state index in [9.17, 15) is 18.0 Å². The Bertz CT molecular complexity index is 493.